The molecule has 0 saturated carbocycles. The van der Waals surface area contributed by atoms with Gasteiger partial charge in [0.15, 0.2) is 0 Å². The van der Waals surface area contributed by atoms with Gasteiger partial charge < -0.3 is 5.32 Å². The minimum atomic E-state index is 0.724. The molecule has 0 radical (unpaired) electrons. The van der Waals surface area contributed by atoms with Crippen molar-refractivity contribution in [2.24, 2.45) is 7.05 Å². The van der Waals surface area contributed by atoms with E-state index in [4.69, 9.17) is 0 Å². The Bertz CT molecular complexity index is 449. The molecule has 5 nitrogen and oxygen atoms in total. The second-order valence-electron chi connectivity index (χ2n) is 3.73. The summed E-state index contributed by atoms with van der Waals surface area (Å²) in [6, 6.07) is 3.84. The van der Waals surface area contributed by atoms with E-state index in [9.17, 15) is 0 Å². The van der Waals surface area contributed by atoms with Crippen molar-refractivity contribution in [2.45, 2.75) is 20.0 Å². The molecular weight excluding hydrogens is 202 g/mol. The summed E-state index contributed by atoms with van der Waals surface area (Å²) in [5.41, 5.74) is 3.23. The summed E-state index contributed by atoms with van der Waals surface area (Å²) in [7, 11) is 1.93. The molecule has 2 heterocycles. The van der Waals surface area contributed by atoms with Crippen LogP contribution in [-0.2, 0) is 20.1 Å². The van der Waals surface area contributed by atoms with E-state index in [2.05, 4.69) is 20.6 Å². The quantitative estimate of drug-likeness (QED) is 0.823. The molecule has 0 atom stereocenters. The minimum Gasteiger partial charge on any atom is -0.307 e. The molecule has 2 rings (SSSR count). The number of nitrogens with one attached hydrogen (secondary N) is 1. The second-order valence-corrected chi connectivity index (χ2v) is 3.73. The lowest BCUT2D eigenvalue weighted by atomic mass is 10.2. The van der Waals surface area contributed by atoms with Gasteiger partial charge in [0, 0.05) is 38.1 Å². The lowest BCUT2D eigenvalue weighted by Gasteiger charge is -2.02. The van der Waals surface area contributed by atoms with Crippen LogP contribution in [-0.4, -0.2) is 20.0 Å². The van der Waals surface area contributed by atoms with E-state index >= 15 is 0 Å². The standard InChI is InChI=1S/C11H15N5/c1-9-10(8-16(2)15-9)6-12-7-11-4-3-5-13-14-11/h3-5,8,12H,6-7H2,1-2H3. The third-order valence-electron chi connectivity index (χ3n) is 2.36. The average molecular weight is 217 g/mol. The van der Waals surface area contributed by atoms with Crippen molar-refractivity contribution in [1.82, 2.24) is 25.3 Å². The predicted octanol–water partition coefficient (Wildman–Crippen LogP) is 0.808. The second kappa shape index (κ2) is 4.85. The van der Waals surface area contributed by atoms with E-state index < -0.39 is 0 Å². The van der Waals surface area contributed by atoms with Gasteiger partial charge >= 0.3 is 0 Å². The molecule has 0 bridgehead atoms. The van der Waals surface area contributed by atoms with Gasteiger partial charge in [0.05, 0.1) is 11.4 Å². The normalized spacial score (nSPS) is 10.6. The first kappa shape index (κ1) is 10.8. The Labute approximate surface area is 94.5 Å². The Morgan fingerprint density at radius 3 is 2.88 bits per heavy atom. The fourth-order valence-corrected chi connectivity index (χ4v) is 1.58. The third-order valence-corrected chi connectivity index (χ3v) is 2.36. The van der Waals surface area contributed by atoms with Crippen molar-refractivity contribution in [2.75, 3.05) is 0 Å². The van der Waals surface area contributed by atoms with Gasteiger partial charge in [-0.1, -0.05) is 0 Å². The highest BCUT2D eigenvalue weighted by molar-refractivity contribution is 5.14. The largest absolute Gasteiger partial charge is 0.307 e. The first-order valence-electron chi connectivity index (χ1n) is 5.22. The molecule has 0 aliphatic heterocycles. The van der Waals surface area contributed by atoms with Crippen LogP contribution in [0.1, 0.15) is 17.0 Å². The number of aryl methyl sites for hydroxylation is 2. The van der Waals surface area contributed by atoms with Crippen LogP contribution >= 0.6 is 0 Å². The SMILES string of the molecule is Cc1nn(C)cc1CNCc1cccnn1. The molecule has 2 aromatic rings. The summed E-state index contributed by atoms with van der Waals surface area (Å²) in [6.07, 6.45) is 3.70. The summed E-state index contributed by atoms with van der Waals surface area (Å²) in [5.74, 6) is 0. The summed E-state index contributed by atoms with van der Waals surface area (Å²) >= 11 is 0. The first-order valence-corrected chi connectivity index (χ1v) is 5.22. The van der Waals surface area contributed by atoms with Crippen molar-refractivity contribution in [3.8, 4) is 0 Å². The van der Waals surface area contributed by atoms with Crippen molar-refractivity contribution < 1.29 is 0 Å². The van der Waals surface area contributed by atoms with E-state index in [1.54, 1.807) is 6.20 Å². The van der Waals surface area contributed by atoms with Crippen LogP contribution in [0, 0.1) is 6.92 Å². The van der Waals surface area contributed by atoms with Crippen molar-refractivity contribution in [1.29, 1.82) is 0 Å². The van der Waals surface area contributed by atoms with Gasteiger partial charge in [0.25, 0.3) is 0 Å². The Balaban J connectivity index is 1.87. The molecule has 0 spiro atoms. The number of hydrogen-bond donors (Lipinski definition) is 1. The van der Waals surface area contributed by atoms with Crippen LogP contribution in [0.15, 0.2) is 24.5 Å². The van der Waals surface area contributed by atoms with Crippen LogP contribution in [0.2, 0.25) is 0 Å². The van der Waals surface area contributed by atoms with E-state index in [-0.39, 0.29) is 0 Å². The molecule has 0 aliphatic carbocycles. The van der Waals surface area contributed by atoms with E-state index in [1.807, 2.05) is 37.0 Å². The molecule has 0 fully saturated rings. The van der Waals surface area contributed by atoms with Crippen molar-refractivity contribution >= 4 is 0 Å². The third kappa shape index (κ3) is 2.64. The monoisotopic (exact) mass is 217 g/mol. The van der Waals surface area contributed by atoms with Gasteiger partial charge in [-0.05, 0) is 19.1 Å². The Morgan fingerprint density at radius 2 is 2.25 bits per heavy atom. The molecule has 2 aromatic heterocycles. The fraction of sp³-hybridized carbons (Fsp3) is 0.364. The van der Waals surface area contributed by atoms with E-state index in [0.29, 0.717) is 0 Å². The average Bonchev–Trinajstić information content (AvgIpc) is 2.59. The van der Waals surface area contributed by atoms with Crippen LogP contribution in [0.5, 0.6) is 0 Å². The van der Waals surface area contributed by atoms with Gasteiger partial charge in [-0.2, -0.15) is 15.3 Å². The predicted molar refractivity (Wildman–Crippen MR) is 60.5 cm³/mol. The van der Waals surface area contributed by atoms with Crippen LogP contribution < -0.4 is 5.32 Å². The van der Waals surface area contributed by atoms with Crippen molar-refractivity contribution in [3.05, 3.63) is 41.5 Å². The van der Waals surface area contributed by atoms with Crippen LogP contribution in [0.4, 0.5) is 0 Å². The summed E-state index contributed by atoms with van der Waals surface area (Å²) < 4.78 is 1.83. The highest BCUT2D eigenvalue weighted by Crippen LogP contribution is 2.04. The number of aromatic nitrogens is 4. The van der Waals surface area contributed by atoms with Gasteiger partial charge in [-0.25, -0.2) is 0 Å². The van der Waals surface area contributed by atoms with Gasteiger partial charge in [-0.15, -0.1) is 0 Å². The highest BCUT2D eigenvalue weighted by Gasteiger charge is 2.02. The number of nitrogens with zero attached hydrogens (tertiary/aromatic N) is 4. The Kier molecular flexibility index (Phi) is 3.26. The maximum absolute atomic E-state index is 4.29. The number of rotatable bonds is 4. The molecule has 0 amide bonds. The molecule has 84 valence electrons. The summed E-state index contributed by atoms with van der Waals surface area (Å²) in [4.78, 5) is 0. The molecule has 0 aliphatic rings. The van der Waals surface area contributed by atoms with Gasteiger partial charge in [0.1, 0.15) is 0 Å². The first-order chi connectivity index (χ1) is 7.75. The smallest absolute Gasteiger partial charge is 0.0769 e. The van der Waals surface area contributed by atoms with E-state index in [0.717, 1.165) is 24.5 Å². The summed E-state index contributed by atoms with van der Waals surface area (Å²) in [5, 5.41) is 15.4. The molecule has 5 heteroatoms. The molecule has 0 aromatic carbocycles. The van der Waals surface area contributed by atoms with Gasteiger partial charge in [-0.3, -0.25) is 4.68 Å². The van der Waals surface area contributed by atoms with Gasteiger partial charge in [0.2, 0.25) is 0 Å². The maximum atomic E-state index is 4.29. The molecule has 0 unspecified atom stereocenters. The topological polar surface area (TPSA) is 55.6 Å². The lowest BCUT2D eigenvalue weighted by Crippen LogP contribution is -2.14. The molecular formula is C11H15N5. The molecule has 1 N–H and O–H groups in total. The zero-order valence-electron chi connectivity index (χ0n) is 9.51. The lowest BCUT2D eigenvalue weighted by molar-refractivity contribution is 0.667. The highest BCUT2D eigenvalue weighted by atomic mass is 15.2. The molecule has 0 saturated heterocycles. The Morgan fingerprint density at radius 1 is 1.38 bits per heavy atom. The fourth-order valence-electron chi connectivity index (χ4n) is 1.58. The number of hydrogen-bond acceptors (Lipinski definition) is 4. The zero-order chi connectivity index (χ0) is 11.4. The molecule has 16 heavy (non-hydrogen) atoms. The minimum absolute atomic E-state index is 0.724. The zero-order valence-corrected chi connectivity index (χ0v) is 9.51. The summed E-state index contributed by atoms with van der Waals surface area (Å²) in [6.45, 7) is 3.54. The van der Waals surface area contributed by atoms with Crippen LogP contribution in [0.3, 0.4) is 0 Å². The van der Waals surface area contributed by atoms with E-state index in [1.165, 1.54) is 5.56 Å². The van der Waals surface area contributed by atoms with Crippen LogP contribution in [0.25, 0.3) is 0 Å². The van der Waals surface area contributed by atoms with Crippen molar-refractivity contribution in [3.63, 3.8) is 0 Å². The maximum Gasteiger partial charge on any atom is 0.0769 e. The Hall–Kier alpha value is -1.75.